The van der Waals surface area contributed by atoms with Crippen molar-refractivity contribution >= 4 is 5.78 Å². The second kappa shape index (κ2) is 4.50. The molecule has 0 spiro atoms. The van der Waals surface area contributed by atoms with Crippen molar-refractivity contribution in [1.29, 1.82) is 0 Å². The van der Waals surface area contributed by atoms with E-state index in [2.05, 4.69) is 16.5 Å². The van der Waals surface area contributed by atoms with Crippen LogP contribution in [0.15, 0.2) is 24.9 Å². The average Bonchev–Trinajstić information content (AvgIpc) is 2.14. The van der Waals surface area contributed by atoms with E-state index < -0.39 is 0 Å². The average molecular weight is 176 g/mol. The maximum absolute atomic E-state index is 11.4. The van der Waals surface area contributed by atoms with Gasteiger partial charge >= 0.3 is 0 Å². The van der Waals surface area contributed by atoms with E-state index in [1.54, 1.807) is 25.3 Å². The third-order valence-corrected chi connectivity index (χ3v) is 1.64. The number of carbonyl (C=O) groups excluding carboxylic acids is 1. The van der Waals surface area contributed by atoms with E-state index in [0.717, 1.165) is 0 Å². The van der Waals surface area contributed by atoms with E-state index in [1.807, 2.05) is 0 Å². The molecule has 0 aliphatic rings. The first-order valence-electron chi connectivity index (χ1n) is 4.18. The molecule has 0 N–H and O–H groups in total. The first-order chi connectivity index (χ1) is 6.24. The van der Waals surface area contributed by atoms with Crippen molar-refractivity contribution in [2.45, 2.75) is 19.8 Å². The molecular formula is C10H12N2O. The molecule has 1 rings (SSSR count). The molecule has 0 atom stereocenters. The van der Waals surface area contributed by atoms with Crippen LogP contribution in [0.3, 0.4) is 0 Å². The van der Waals surface area contributed by atoms with Gasteiger partial charge in [-0.2, -0.15) is 0 Å². The zero-order chi connectivity index (χ0) is 9.68. The molecule has 13 heavy (non-hydrogen) atoms. The van der Waals surface area contributed by atoms with Crippen LogP contribution in [-0.4, -0.2) is 15.8 Å². The van der Waals surface area contributed by atoms with Gasteiger partial charge < -0.3 is 0 Å². The number of ketones is 1. The number of nitrogens with zero attached hydrogens (tertiary/aromatic N) is 2. The maximum Gasteiger partial charge on any atom is 0.181 e. The predicted molar refractivity (Wildman–Crippen MR) is 50.5 cm³/mol. The molecular weight excluding hydrogens is 164 g/mol. The van der Waals surface area contributed by atoms with Crippen LogP contribution in [0.2, 0.25) is 0 Å². The lowest BCUT2D eigenvalue weighted by Gasteiger charge is -1.98. The highest BCUT2D eigenvalue weighted by molar-refractivity contribution is 5.94. The largest absolute Gasteiger partial charge is 0.292 e. The van der Waals surface area contributed by atoms with Gasteiger partial charge in [0.1, 0.15) is 11.5 Å². The Morgan fingerprint density at radius 3 is 3.08 bits per heavy atom. The summed E-state index contributed by atoms with van der Waals surface area (Å²) in [6, 6.07) is 1.64. The molecule has 1 aromatic heterocycles. The highest BCUT2D eigenvalue weighted by Gasteiger charge is 2.05. The summed E-state index contributed by atoms with van der Waals surface area (Å²) in [5.41, 5.74) is 0.495. The molecule has 0 aromatic carbocycles. The standard InChI is InChI=1S/C10H12N2O/c1-3-4-5-10(13)9-6-7-11-8(2)12-9/h3,6-7H,1,4-5H2,2H3. The minimum absolute atomic E-state index is 0.0467. The second-order valence-corrected chi connectivity index (χ2v) is 2.74. The molecule has 3 heteroatoms. The molecule has 0 saturated heterocycles. The van der Waals surface area contributed by atoms with Crippen LogP contribution in [0.4, 0.5) is 0 Å². The van der Waals surface area contributed by atoms with Gasteiger partial charge in [0.2, 0.25) is 0 Å². The fourth-order valence-electron chi connectivity index (χ4n) is 0.973. The van der Waals surface area contributed by atoms with Gasteiger partial charge in [0.25, 0.3) is 0 Å². The van der Waals surface area contributed by atoms with Gasteiger partial charge in [0.05, 0.1) is 0 Å². The number of allylic oxidation sites excluding steroid dienone is 1. The Bertz CT molecular complexity index is 320. The molecule has 1 aromatic rings. The summed E-state index contributed by atoms with van der Waals surface area (Å²) in [5.74, 6) is 0.676. The van der Waals surface area contributed by atoms with Crippen molar-refractivity contribution in [3.8, 4) is 0 Å². The Labute approximate surface area is 77.5 Å². The van der Waals surface area contributed by atoms with E-state index in [1.165, 1.54) is 0 Å². The zero-order valence-corrected chi connectivity index (χ0v) is 7.66. The van der Waals surface area contributed by atoms with Crippen molar-refractivity contribution in [2.24, 2.45) is 0 Å². The summed E-state index contributed by atoms with van der Waals surface area (Å²) in [7, 11) is 0. The third kappa shape index (κ3) is 2.78. The minimum Gasteiger partial charge on any atom is -0.292 e. The Morgan fingerprint density at radius 2 is 2.46 bits per heavy atom. The highest BCUT2D eigenvalue weighted by atomic mass is 16.1. The first-order valence-corrected chi connectivity index (χ1v) is 4.18. The summed E-state index contributed by atoms with van der Waals surface area (Å²) in [5, 5.41) is 0. The Hall–Kier alpha value is -1.51. The van der Waals surface area contributed by atoms with Crippen molar-refractivity contribution in [2.75, 3.05) is 0 Å². The molecule has 0 fully saturated rings. The monoisotopic (exact) mass is 176 g/mol. The van der Waals surface area contributed by atoms with Crippen molar-refractivity contribution in [3.05, 3.63) is 36.4 Å². The summed E-state index contributed by atoms with van der Waals surface area (Å²) in [6.07, 6.45) is 4.50. The summed E-state index contributed by atoms with van der Waals surface area (Å²) in [4.78, 5) is 19.4. The molecule has 1 heterocycles. The molecule has 0 aliphatic heterocycles. The van der Waals surface area contributed by atoms with Gasteiger partial charge in [-0.15, -0.1) is 6.58 Å². The normalized spacial score (nSPS) is 9.62. The van der Waals surface area contributed by atoms with E-state index in [0.29, 0.717) is 24.4 Å². The minimum atomic E-state index is 0.0467. The molecule has 3 nitrogen and oxygen atoms in total. The van der Waals surface area contributed by atoms with E-state index >= 15 is 0 Å². The Kier molecular flexibility index (Phi) is 3.31. The number of rotatable bonds is 4. The van der Waals surface area contributed by atoms with E-state index in [-0.39, 0.29) is 5.78 Å². The van der Waals surface area contributed by atoms with Crippen molar-refractivity contribution in [3.63, 3.8) is 0 Å². The van der Waals surface area contributed by atoms with Gasteiger partial charge in [-0.1, -0.05) is 6.08 Å². The van der Waals surface area contributed by atoms with E-state index in [9.17, 15) is 4.79 Å². The molecule has 0 saturated carbocycles. The van der Waals surface area contributed by atoms with E-state index in [4.69, 9.17) is 0 Å². The van der Waals surface area contributed by atoms with Crippen LogP contribution >= 0.6 is 0 Å². The first kappa shape index (κ1) is 9.58. The fraction of sp³-hybridized carbons (Fsp3) is 0.300. The smallest absolute Gasteiger partial charge is 0.181 e. The van der Waals surface area contributed by atoms with Crippen LogP contribution < -0.4 is 0 Å². The maximum atomic E-state index is 11.4. The molecule has 0 unspecified atom stereocenters. The SMILES string of the molecule is C=CCCC(=O)c1ccnc(C)n1. The molecule has 0 bridgehead atoms. The summed E-state index contributed by atoms with van der Waals surface area (Å²) < 4.78 is 0. The lowest BCUT2D eigenvalue weighted by molar-refractivity contribution is 0.0978. The third-order valence-electron chi connectivity index (χ3n) is 1.64. The molecule has 68 valence electrons. The van der Waals surface area contributed by atoms with Crippen LogP contribution in [0.25, 0.3) is 0 Å². The van der Waals surface area contributed by atoms with Crippen LogP contribution in [0.5, 0.6) is 0 Å². The second-order valence-electron chi connectivity index (χ2n) is 2.74. The van der Waals surface area contributed by atoms with Gasteiger partial charge in [-0.25, -0.2) is 9.97 Å². The van der Waals surface area contributed by atoms with Crippen molar-refractivity contribution in [1.82, 2.24) is 9.97 Å². The fourth-order valence-corrected chi connectivity index (χ4v) is 0.973. The number of carbonyl (C=O) groups is 1. The number of hydrogen-bond donors (Lipinski definition) is 0. The lowest BCUT2D eigenvalue weighted by atomic mass is 10.1. The number of Topliss-reactive ketones (excluding diaryl/α,β-unsaturated/α-hetero) is 1. The van der Waals surface area contributed by atoms with Crippen LogP contribution in [-0.2, 0) is 0 Å². The summed E-state index contributed by atoms with van der Waals surface area (Å²) >= 11 is 0. The number of aromatic nitrogens is 2. The molecule has 0 aliphatic carbocycles. The van der Waals surface area contributed by atoms with Gasteiger partial charge in [-0.05, 0) is 19.4 Å². The van der Waals surface area contributed by atoms with Crippen LogP contribution in [0.1, 0.15) is 29.2 Å². The van der Waals surface area contributed by atoms with Gasteiger partial charge in [0.15, 0.2) is 5.78 Å². The summed E-state index contributed by atoms with van der Waals surface area (Å²) in [6.45, 7) is 5.33. The lowest BCUT2D eigenvalue weighted by Crippen LogP contribution is -2.03. The number of aryl methyl sites for hydroxylation is 1. The zero-order valence-electron chi connectivity index (χ0n) is 7.66. The number of hydrogen-bond acceptors (Lipinski definition) is 3. The quantitative estimate of drug-likeness (QED) is 0.520. The Morgan fingerprint density at radius 1 is 1.69 bits per heavy atom. The van der Waals surface area contributed by atoms with Gasteiger partial charge in [0, 0.05) is 12.6 Å². The van der Waals surface area contributed by atoms with Crippen LogP contribution in [0, 0.1) is 6.92 Å². The van der Waals surface area contributed by atoms with Gasteiger partial charge in [-0.3, -0.25) is 4.79 Å². The molecule has 0 radical (unpaired) electrons. The molecule has 0 amide bonds. The Balaban J connectivity index is 2.71. The van der Waals surface area contributed by atoms with Crippen molar-refractivity contribution < 1.29 is 4.79 Å². The topological polar surface area (TPSA) is 42.9 Å². The highest BCUT2D eigenvalue weighted by Crippen LogP contribution is 2.02. The predicted octanol–water partition coefficient (Wildman–Crippen LogP) is 1.93.